The molecule has 0 spiro atoms. The monoisotopic (exact) mass is 356 g/mol. The predicted octanol–water partition coefficient (Wildman–Crippen LogP) is 3.73. The van der Waals surface area contributed by atoms with Crippen LogP contribution >= 0.6 is 11.8 Å². The summed E-state index contributed by atoms with van der Waals surface area (Å²) >= 11 is 1.17. The number of carbonyl (C=O) groups excluding carboxylic acids is 1. The second kappa shape index (κ2) is 6.80. The van der Waals surface area contributed by atoms with Crippen LogP contribution in [0.1, 0.15) is 17.3 Å². The maximum absolute atomic E-state index is 13.6. The number of hydrogen-bond acceptors (Lipinski definition) is 4. The zero-order chi connectivity index (χ0) is 17.2. The van der Waals surface area contributed by atoms with E-state index in [0.29, 0.717) is 11.0 Å². The Kier molecular flexibility index (Phi) is 5.21. The van der Waals surface area contributed by atoms with Crippen LogP contribution in [0.5, 0.6) is 0 Å². The lowest BCUT2D eigenvalue weighted by Crippen LogP contribution is -2.15. The van der Waals surface area contributed by atoms with Crippen LogP contribution in [0.3, 0.4) is 0 Å². The van der Waals surface area contributed by atoms with Gasteiger partial charge in [0.05, 0.1) is 15.7 Å². The van der Waals surface area contributed by atoms with Crippen molar-refractivity contribution in [2.75, 3.05) is 6.26 Å². The van der Waals surface area contributed by atoms with Crippen molar-refractivity contribution >= 4 is 27.4 Å². The highest BCUT2D eigenvalue weighted by Crippen LogP contribution is 2.27. The number of ketones is 1. The normalized spacial score (nSPS) is 12.9. The molecule has 2 aromatic carbocycles. The number of hydrogen-bond donors (Lipinski definition) is 0. The smallest absolute Gasteiger partial charge is 0.178 e. The molecule has 2 rings (SSSR count). The van der Waals surface area contributed by atoms with Crippen LogP contribution < -0.4 is 0 Å². The molecule has 2 aromatic rings. The molecule has 0 heterocycles. The van der Waals surface area contributed by atoms with Gasteiger partial charge in [0.2, 0.25) is 0 Å². The third-order valence-corrected chi connectivity index (χ3v) is 5.37. The fourth-order valence-corrected chi connectivity index (χ4v) is 3.50. The van der Waals surface area contributed by atoms with E-state index < -0.39 is 32.5 Å². The van der Waals surface area contributed by atoms with Gasteiger partial charge in [-0.25, -0.2) is 17.2 Å². The molecule has 3 nitrogen and oxygen atoms in total. The van der Waals surface area contributed by atoms with Gasteiger partial charge in [-0.2, -0.15) is 0 Å². The Bertz CT molecular complexity index is 831. The summed E-state index contributed by atoms with van der Waals surface area (Å²) in [5.41, 5.74) is -0.167. The molecule has 0 saturated heterocycles. The number of Topliss-reactive ketones (excluding diaryl/α,β-unsaturated/α-hetero) is 1. The molecule has 7 heteroatoms. The number of sulfone groups is 1. The Morgan fingerprint density at radius 2 is 1.70 bits per heavy atom. The van der Waals surface area contributed by atoms with Crippen molar-refractivity contribution in [2.45, 2.75) is 22.0 Å². The fraction of sp³-hybridized carbons (Fsp3) is 0.188. The molecule has 0 saturated carbocycles. The van der Waals surface area contributed by atoms with E-state index in [1.165, 1.54) is 23.9 Å². The van der Waals surface area contributed by atoms with E-state index in [4.69, 9.17) is 0 Å². The third-order valence-electron chi connectivity index (χ3n) is 3.13. The van der Waals surface area contributed by atoms with Crippen LogP contribution in [0, 0.1) is 11.6 Å². The Morgan fingerprint density at radius 1 is 1.09 bits per heavy atom. The van der Waals surface area contributed by atoms with Gasteiger partial charge in [0.1, 0.15) is 11.6 Å². The molecule has 0 amide bonds. The van der Waals surface area contributed by atoms with Gasteiger partial charge < -0.3 is 0 Å². The standard InChI is InChI=1S/C16H14F2O3S2/c1-10(16(19)14-8-3-11(17)9-15(14)18)22-12-4-6-13(7-5-12)23(2,20)21/h3-10H,1-2H3. The predicted molar refractivity (Wildman–Crippen MR) is 85.6 cm³/mol. The SMILES string of the molecule is CC(Sc1ccc(S(C)(=O)=O)cc1)C(=O)c1ccc(F)cc1F. The van der Waals surface area contributed by atoms with Gasteiger partial charge in [0.15, 0.2) is 15.6 Å². The number of halogens is 2. The van der Waals surface area contributed by atoms with Crippen molar-refractivity contribution in [3.05, 3.63) is 59.7 Å². The molecular formula is C16H14F2O3S2. The molecule has 1 unspecified atom stereocenters. The van der Waals surface area contributed by atoms with Gasteiger partial charge in [0, 0.05) is 17.2 Å². The number of benzene rings is 2. The first-order valence-electron chi connectivity index (χ1n) is 6.64. The van der Waals surface area contributed by atoms with Crippen molar-refractivity contribution in [2.24, 2.45) is 0 Å². The lowest BCUT2D eigenvalue weighted by Gasteiger charge is -2.11. The first-order chi connectivity index (χ1) is 10.7. The summed E-state index contributed by atoms with van der Waals surface area (Å²) in [4.78, 5) is 13.1. The van der Waals surface area contributed by atoms with Crippen LogP contribution in [0.25, 0.3) is 0 Å². The van der Waals surface area contributed by atoms with E-state index in [-0.39, 0.29) is 10.5 Å². The maximum Gasteiger partial charge on any atom is 0.178 e. The van der Waals surface area contributed by atoms with Crippen molar-refractivity contribution in [1.29, 1.82) is 0 Å². The van der Waals surface area contributed by atoms with Crippen LogP contribution in [-0.2, 0) is 9.84 Å². The second-order valence-electron chi connectivity index (χ2n) is 4.99. The Morgan fingerprint density at radius 3 is 2.22 bits per heavy atom. The summed E-state index contributed by atoms with van der Waals surface area (Å²) in [5, 5.41) is -0.598. The lowest BCUT2D eigenvalue weighted by atomic mass is 10.1. The highest BCUT2D eigenvalue weighted by Gasteiger charge is 2.20. The molecule has 0 fully saturated rings. The van der Waals surface area contributed by atoms with E-state index in [1.54, 1.807) is 19.1 Å². The zero-order valence-corrected chi connectivity index (χ0v) is 14.0. The van der Waals surface area contributed by atoms with Crippen LogP contribution in [0.15, 0.2) is 52.3 Å². The van der Waals surface area contributed by atoms with Gasteiger partial charge in [-0.05, 0) is 43.3 Å². The second-order valence-corrected chi connectivity index (χ2v) is 8.42. The largest absolute Gasteiger partial charge is 0.293 e. The van der Waals surface area contributed by atoms with Gasteiger partial charge in [-0.15, -0.1) is 11.8 Å². The number of rotatable bonds is 5. The summed E-state index contributed by atoms with van der Waals surface area (Å²) in [5.74, 6) is -2.09. The topological polar surface area (TPSA) is 51.2 Å². The molecule has 1 atom stereocenters. The molecule has 122 valence electrons. The van der Waals surface area contributed by atoms with E-state index >= 15 is 0 Å². The average molecular weight is 356 g/mol. The van der Waals surface area contributed by atoms with Gasteiger partial charge >= 0.3 is 0 Å². The summed E-state index contributed by atoms with van der Waals surface area (Å²) in [6.45, 7) is 1.61. The third kappa shape index (κ3) is 4.39. The van der Waals surface area contributed by atoms with Gasteiger partial charge in [0.25, 0.3) is 0 Å². The maximum atomic E-state index is 13.6. The van der Waals surface area contributed by atoms with Gasteiger partial charge in [-0.1, -0.05) is 0 Å². The van der Waals surface area contributed by atoms with Crippen molar-refractivity contribution in [3.63, 3.8) is 0 Å². The van der Waals surface area contributed by atoms with Gasteiger partial charge in [-0.3, -0.25) is 4.79 Å². The van der Waals surface area contributed by atoms with Crippen molar-refractivity contribution < 1.29 is 22.0 Å². The first kappa shape index (κ1) is 17.6. The number of thioether (sulfide) groups is 1. The minimum atomic E-state index is -3.28. The highest BCUT2D eigenvalue weighted by atomic mass is 32.2. The summed E-state index contributed by atoms with van der Waals surface area (Å²) < 4.78 is 49.3. The number of carbonyl (C=O) groups is 1. The quantitative estimate of drug-likeness (QED) is 0.605. The Balaban J connectivity index is 2.15. The molecule has 0 aliphatic heterocycles. The molecule has 0 N–H and O–H groups in total. The van der Waals surface area contributed by atoms with Crippen LogP contribution in [0.2, 0.25) is 0 Å². The van der Waals surface area contributed by atoms with E-state index in [0.717, 1.165) is 18.4 Å². The Labute approximate surface area is 137 Å². The van der Waals surface area contributed by atoms with Crippen molar-refractivity contribution in [1.82, 2.24) is 0 Å². The minimum absolute atomic E-state index is 0.167. The molecule has 0 aliphatic carbocycles. The lowest BCUT2D eigenvalue weighted by molar-refractivity contribution is 0.0990. The first-order valence-corrected chi connectivity index (χ1v) is 9.41. The minimum Gasteiger partial charge on any atom is -0.293 e. The summed E-state index contributed by atoms with van der Waals surface area (Å²) in [7, 11) is -3.28. The van der Waals surface area contributed by atoms with Crippen LogP contribution in [0.4, 0.5) is 8.78 Å². The molecule has 0 radical (unpaired) electrons. The molecule has 0 bridgehead atoms. The molecule has 0 aliphatic rings. The summed E-state index contributed by atoms with van der Waals surface area (Å²) in [6.07, 6.45) is 1.11. The highest BCUT2D eigenvalue weighted by molar-refractivity contribution is 8.00. The molecular weight excluding hydrogens is 342 g/mol. The van der Waals surface area contributed by atoms with Crippen molar-refractivity contribution in [3.8, 4) is 0 Å². The van der Waals surface area contributed by atoms with E-state index in [9.17, 15) is 22.0 Å². The molecule has 23 heavy (non-hydrogen) atoms. The van der Waals surface area contributed by atoms with E-state index in [2.05, 4.69) is 0 Å². The Hall–Kier alpha value is -1.73. The average Bonchev–Trinajstić information content (AvgIpc) is 2.46. The molecule has 0 aromatic heterocycles. The fourth-order valence-electron chi connectivity index (χ4n) is 1.93. The van der Waals surface area contributed by atoms with E-state index in [1.807, 2.05) is 0 Å². The summed E-state index contributed by atoms with van der Waals surface area (Å²) in [6, 6.07) is 8.91. The zero-order valence-electron chi connectivity index (χ0n) is 12.4. The van der Waals surface area contributed by atoms with Crippen LogP contribution in [-0.4, -0.2) is 25.7 Å².